The molecule has 2 amide bonds. The summed E-state index contributed by atoms with van der Waals surface area (Å²) in [5.41, 5.74) is 7.29. The largest absolute Gasteiger partial charge is 0.488 e. The fraction of sp³-hybridized carbons (Fsp3) is 0.174. The van der Waals surface area contributed by atoms with Crippen LogP contribution in [0.2, 0.25) is 0 Å². The van der Waals surface area contributed by atoms with Gasteiger partial charge in [-0.3, -0.25) is 9.59 Å². The van der Waals surface area contributed by atoms with Crippen LogP contribution in [0, 0.1) is 29.3 Å². The van der Waals surface area contributed by atoms with Gasteiger partial charge in [0.05, 0.1) is 28.5 Å². The molecule has 6 rings (SSSR count). The smallest absolute Gasteiger partial charge is 0.423 e. The number of amides is 2. The zero-order chi connectivity index (χ0) is 46.9. The number of benzene rings is 4. The van der Waals surface area contributed by atoms with Crippen LogP contribution in [-0.4, -0.2) is 73.2 Å². The second kappa shape index (κ2) is 24.2. The lowest BCUT2D eigenvalue weighted by Crippen LogP contribution is -2.29. The summed E-state index contributed by atoms with van der Waals surface area (Å²) in [5.74, 6) is -2.32. The molecule has 332 valence electrons. The van der Waals surface area contributed by atoms with Crippen LogP contribution < -0.4 is 16.1 Å². The standard InChI is InChI=1S/C23H23FN4O2.C12H11FIN3O.C11H14BNO3/c1-5-14-30-27-15(2)17-10-12-18(13-11-17)19-8-6-7-9-20(19)25-23(29)21-16(3)26-28(4)22(21)24;1-7-10(11(13)17(2)16-7)12(18)15-9-6-4-3-5-8(9)14;1-3-8-16-13-9(2)10-4-6-11(7-5-10)12(14)15/h5-13H,1,14H2,2-4H3,(H,25,29);3-6H,1-2H3,(H,15,18);3-7,14-15H,1,8H2,2H3/b27-15+;;13-9+. The number of rotatable bonds is 14. The van der Waals surface area contributed by atoms with Crippen molar-refractivity contribution >= 4 is 69.8 Å². The van der Waals surface area contributed by atoms with E-state index in [-0.39, 0.29) is 11.1 Å². The molecule has 0 spiro atoms. The molecule has 0 atom stereocenters. The Morgan fingerprint density at radius 2 is 1.14 bits per heavy atom. The first-order valence-corrected chi connectivity index (χ1v) is 20.6. The number of aromatic nitrogens is 4. The number of halogens is 3. The monoisotopic (exact) mass is 984 g/mol. The first-order chi connectivity index (χ1) is 30.6. The van der Waals surface area contributed by atoms with Gasteiger partial charge in [0.2, 0.25) is 11.9 Å². The highest BCUT2D eigenvalue weighted by atomic mass is 127. The van der Waals surface area contributed by atoms with E-state index in [0.29, 0.717) is 41.4 Å². The summed E-state index contributed by atoms with van der Waals surface area (Å²) in [6, 6.07) is 29.2. The number of carbonyl (C=O) groups is 2. The van der Waals surface area contributed by atoms with Gasteiger partial charge in [-0.1, -0.05) is 114 Å². The molecule has 0 bridgehead atoms. The minimum Gasteiger partial charge on any atom is -0.423 e. The van der Waals surface area contributed by atoms with Gasteiger partial charge in [0.1, 0.15) is 24.3 Å². The average Bonchev–Trinajstić information content (AvgIpc) is 3.70. The average molecular weight is 985 g/mol. The van der Waals surface area contributed by atoms with Gasteiger partial charge in [0, 0.05) is 28.9 Å². The number of anilines is 2. The topological polar surface area (TPSA) is 177 Å². The number of aryl methyl sites for hydroxylation is 4. The number of para-hydroxylation sites is 2. The van der Waals surface area contributed by atoms with Crippen molar-refractivity contribution in [3.8, 4) is 11.1 Å². The van der Waals surface area contributed by atoms with Crippen molar-refractivity contribution in [3.05, 3.63) is 171 Å². The summed E-state index contributed by atoms with van der Waals surface area (Å²) >= 11 is 2.11. The Labute approximate surface area is 384 Å². The van der Waals surface area contributed by atoms with E-state index in [0.717, 1.165) is 46.6 Å². The van der Waals surface area contributed by atoms with Crippen LogP contribution in [0.15, 0.2) is 133 Å². The first kappa shape index (κ1) is 49.9. The maximum atomic E-state index is 14.2. The number of oxime groups is 2. The maximum Gasteiger partial charge on any atom is 0.488 e. The van der Waals surface area contributed by atoms with E-state index >= 15 is 0 Å². The van der Waals surface area contributed by atoms with E-state index in [1.165, 1.54) is 14.1 Å². The highest BCUT2D eigenvalue weighted by molar-refractivity contribution is 14.1. The van der Waals surface area contributed by atoms with E-state index < -0.39 is 30.8 Å². The van der Waals surface area contributed by atoms with Crippen molar-refractivity contribution in [2.75, 3.05) is 23.8 Å². The van der Waals surface area contributed by atoms with Crippen LogP contribution in [0.3, 0.4) is 0 Å². The van der Waals surface area contributed by atoms with Crippen molar-refractivity contribution in [2.24, 2.45) is 24.4 Å². The highest BCUT2D eigenvalue weighted by Crippen LogP contribution is 2.29. The molecule has 0 fully saturated rings. The molecule has 4 N–H and O–H groups in total. The predicted molar refractivity (Wildman–Crippen MR) is 256 cm³/mol. The summed E-state index contributed by atoms with van der Waals surface area (Å²) in [6.07, 6.45) is 3.24. The number of hydrogen-bond acceptors (Lipinski definition) is 10. The predicted octanol–water partition coefficient (Wildman–Crippen LogP) is 7.73. The van der Waals surface area contributed by atoms with E-state index in [1.54, 1.807) is 62.4 Å². The Balaban J connectivity index is 0.000000226. The Morgan fingerprint density at radius 1 is 0.719 bits per heavy atom. The SMILES string of the molecule is C=CCO/N=C(\C)c1ccc(-c2ccccc2NC(=O)c2c(C)nn(C)c2F)cc1.C=CCO/N=C(\C)c1ccc(B(O)O)cc1.Cc1nn(C)c(F)c1C(=O)Nc1ccccc1I. The van der Waals surface area contributed by atoms with Gasteiger partial charge >= 0.3 is 7.12 Å². The van der Waals surface area contributed by atoms with Gasteiger partial charge in [-0.2, -0.15) is 19.0 Å². The molecular formula is C46H48BF2IN8O6. The van der Waals surface area contributed by atoms with Gasteiger partial charge < -0.3 is 30.4 Å². The second-order valence-electron chi connectivity index (χ2n) is 13.8. The van der Waals surface area contributed by atoms with Crippen molar-refractivity contribution < 1.29 is 38.1 Å². The molecule has 2 heterocycles. The number of nitrogens with zero attached hydrogens (tertiary/aromatic N) is 6. The molecule has 4 aromatic carbocycles. The summed E-state index contributed by atoms with van der Waals surface area (Å²) in [4.78, 5) is 34.8. The molecule has 18 heteroatoms. The molecule has 0 radical (unpaired) electrons. The summed E-state index contributed by atoms with van der Waals surface area (Å²) in [6.45, 7) is 14.7. The normalized spacial score (nSPS) is 11.0. The van der Waals surface area contributed by atoms with Gasteiger partial charge in [-0.15, -0.1) is 0 Å². The molecule has 0 aliphatic carbocycles. The summed E-state index contributed by atoms with van der Waals surface area (Å²) in [5, 5.41) is 39.1. The van der Waals surface area contributed by atoms with Crippen molar-refractivity contribution in [2.45, 2.75) is 27.7 Å². The first-order valence-electron chi connectivity index (χ1n) is 19.5. The van der Waals surface area contributed by atoms with Crippen LogP contribution in [0.4, 0.5) is 20.2 Å². The molecule has 0 saturated heterocycles. The van der Waals surface area contributed by atoms with Gasteiger partial charge in [-0.25, -0.2) is 9.36 Å². The third-order valence-corrected chi connectivity index (χ3v) is 10.0. The second-order valence-corrected chi connectivity index (χ2v) is 14.9. The van der Waals surface area contributed by atoms with Gasteiger partial charge in [-0.05, 0) is 90.6 Å². The van der Waals surface area contributed by atoms with E-state index in [4.69, 9.17) is 19.7 Å². The molecule has 64 heavy (non-hydrogen) atoms. The lowest BCUT2D eigenvalue weighted by atomic mass is 9.80. The number of nitrogens with one attached hydrogen (secondary N) is 2. The Morgan fingerprint density at radius 3 is 1.56 bits per heavy atom. The van der Waals surface area contributed by atoms with Gasteiger partial charge in [0.25, 0.3) is 11.8 Å². The maximum absolute atomic E-state index is 14.2. The molecule has 0 aliphatic heterocycles. The number of carbonyl (C=O) groups excluding carboxylic acids is 2. The van der Waals surface area contributed by atoms with Crippen molar-refractivity contribution in [1.29, 1.82) is 0 Å². The highest BCUT2D eigenvalue weighted by Gasteiger charge is 2.22. The minimum absolute atomic E-state index is 0.0165. The molecule has 0 aliphatic rings. The fourth-order valence-corrected chi connectivity index (χ4v) is 6.34. The molecule has 0 unspecified atom stereocenters. The van der Waals surface area contributed by atoms with Crippen LogP contribution in [0.5, 0.6) is 0 Å². The Kier molecular flexibility index (Phi) is 18.8. The van der Waals surface area contributed by atoms with Gasteiger partial charge in [0.15, 0.2) is 0 Å². The molecule has 14 nitrogen and oxygen atoms in total. The zero-order valence-corrected chi connectivity index (χ0v) is 38.3. The summed E-state index contributed by atoms with van der Waals surface area (Å²) in [7, 11) is 1.48. The molecule has 2 aromatic heterocycles. The fourth-order valence-electron chi connectivity index (χ4n) is 5.82. The minimum atomic E-state index is -1.44. The van der Waals surface area contributed by atoms with E-state index in [2.05, 4.69) is 66.9 Å². The van der Waals surface area contributed by atoms with E-state index in [9.17, 15) is 18.4 Å². The molecule has 6 aromatic rings. The molecule has 0 saturated carbocycles. The number of hydrogen-bond donors (Lipinski definition) is 4. The molecular weight excluding hydrogens is 936 g/mol. The van der Waals surface area contributed by atoms with Crippen LogP contribution in [0.1, 0.15) is 57.1 Å². The van der Waals surface area contributed by atoms with Crippen molar-refractivity contribution in [1.82, 2.24) is 19.6 Å². The van der Waals surface area contributed by atoms with Crippen LogP contribution >= 0.6 is 22.6 Å². The van der Waals surface area contributed by atoms with Crippen LogP contribution in [0.25, 0.3) is 11.1 Å². The lowest BCUT2D eigenvalue weighted by Gasteiger charge is -2.12. The zero-order valence-electron chi connectivity index (χ0n) is 36.1. The third kappa shape index (κ3) is 13.6. The summed E-state index contributed by atoms with van der Waals surface area (Å²) < 4.78 is 31.0. The quantitative estimate of drug-likeness (QED) is 0.0214. The third-order valence-electron chi connectivity index (χ3n) is 9.08. The van der Waals surface area contributed by atoms with Crippen LogP contribution in [-0.2, 0) is 23.8 Å². The van der Waals surface area contributed by atoms with E-state index in [1.807, 2.05) is 74.5 Å². The Hall–Kier alpha value is -6.77. The Bertz CT molecular complexity index is 2630. The van der Waals surface area contributed by atoms with Crippen molar-refractivity contribution in [3.63, 3.8) is 0 Å². The lowest BCUT2D eigenvalue weighted by molar-refractivity contribution is 0.101.